The van der Waals surface area contributed by atoms with Crippen LogP contribution in [0.2, 0.25) is 0 Å². The first-order valence-electron chi connectivity index (χ1n) is 24.9. The number of likely N-dealkylation sites (tertiary alicyclic amines) is 1. The van der Waals surface area contributed by atoms with Gasteiger partial charge >= 0.3 is 5.97 Å². The smallest absolute Gasteiger partial charge is 0.326 e. The molecule has 1 heterocycles. The molecule has 1 fully saturated rings. The van der Waals surface area contributed by atoms with Crippen LogP contribution in [-0.4, -0.2) is 160 Å². The van der Waals surface area contributed by atoms with E-state index in [1.165, 1.54) is 30.5 Å². The van der Waals surface area contributed by atoms with Gasteiger partial charge in [-0.2, -0.15) is 11.8 Å². The fraction of sp³-hybridized carbons (Fsp3) is 0.673. The molecule has 1 aromatic rings. The number of hydrogen-bond acceptors (Lipinski definition) is 13. The van der Waals surface area contributed by atoms with E-state index in [1.54, 1.807) is 44.2 Å². The van der Waals surface area contributed by atoms with Gasteiger partial charge in [0.15, 0.2) is 5.96 Å². The van der Waals surface area contributed by atoms with Crippen molar-refractivity contribution in [2.45, 2.75) is 167 Å². The monoisotopic (exact) mass is 1050 g/mol. The zero-order valence-electron chi connectivity index (χ0n) is 43.8. The molecule has 1 aliphatic rings. The number of guanidine groups is 1. The first kappa shape index (κ1) is 63.1. The van der Waals surface area contributed by atoms with Crippen molar-refractivity contribution in [3.05, 3.63) is 35.9 Å². The van der Waals surface area contributed by atoms with Crippen molar-refractivity contribution in [2.75, 3.05) is 25.1 Å². The van der Waals surface area contributed by atoms with Crippen molar-refractivity contribution in [3.8, 4) is 0 Å². The summed E-state index contributed by atoms with van der Waals surface area (Å²) in [5, 5.41) is 38.9. The highest BCUT2D eigenvalue weighted by Gasteiger charge is 2.41. The molecule has 0 radical (unpaired) electrons. The molecule has 24 heteroatoms. The Balaban J connectivity index is 2.26. The summed E-state index contributed by atoms with van der Waals surface area (Å²) in [6.07, 6.45) is 1.93. The van der Waals surface area contributed by atoms with Crippen molar-refractivity contribution in [3.63, 3.8) is 0 Å². The summed E-state index contributed by atoms with van der Waals surface area (Å²) in [7, 11) is 0. The highest BCUT2D eigenvalue weighted by Crippen LogP contribution is 2.22. The number of aliphatic hydroxyl groups excluding tert-OH is 1. The Bertz CT molecular complexity index is 2040. The maximum Gasteiger partial charge on any atom is 0.326 e. The number of thioether (sulfide) groups is 1. The van der Waals surface area contributed by atoms with Crippen LogP contribution < -0.4 is 54.4 Å². The lowest BCUT2D eigenvalue weighted by atomic mass is 9.98. The molecule has 1 saturated heterocycles. The van der Waals surface area contributed by atoms with E-state index in [4.69, 9.17) is 17.2 Å². The Morgan fingerprint density at radius 3 is 1.84 bits per heavy atom. The number of rotatable bonds is 31. The van der Waals surface area contributed by atoms with Gasteiger partial charge in [-0.15, -0.1) is 0 Å². The number of hydrogen-bond donors (Lipinski definition) is 12. The molecule has 0 unspecified atom stereocenters. The van der Waals surface area contributed by atoms with Crippen LogP contribution >= 0.6 is 11.8 Å². The van der Waals surface area contributed by atoms with Crippen molar-refractivity contribution in [1.82, 2.24) is 42.1 Å². The standard InChI is InChI=1S/C49H82N12O11S/c1-26(2)23-32(50)41(64)57-36(25-31-15-11-10-12-16-31)44(67)60-39(30(8)62)46(69)58-35(24-27(3)4)43(66)59-38(28(5)6)47(70)61-21-14-18-37(61)45(68)55-33(19-22-73-9)42(65)54-29(7)40(63)56-34(48(71)72)17-13-20-53-49(51)52/h10-12,15-16,26-30,32-39,62H,13-14,17-25,50H2,1-9H3,(H,54,65)(H,55,68)(H,56,63)(H,57,64)(H,58,69)(H,59,66)(H,60,67)(H,71,72)(H4,51,52,53)/t29-,30+,32-,33-,34-,35-,36-,37-,38-,39-/m0/s1. The molecule has 0 spiro atoms. The number of amides is 8. The lowest BCUT2D eigenvalue weighted by molar-refractivity contribution is -0.143. The minimum Gasteiger partial charge on any atom is -0.480 e. The van der Waals surface area contributed by atoms with Crippen molar-refractivity contribution in [2.24, 2.45) is 39.9 Å². The van der Waals surface area contributed by atoms with Crippen molar-refractivity contribution >= 4 is 70.9 Å². The summed E-state index contributed by atoms with van der Waals surface area (Å²) in [6.45, 7) is 13.8. The third kappa shape index (κ3) is 21.9. The van der Waals surface area contributed by atoms with Gasteiger partial charge in [0.1, 0.15) is 48.3 Å². The third-order valence-corrected chi connectivity index (χ3v) is 12.6. The number of aliphatic imine (C=N–C) groups is 1. The maximum atomic E-state index is 14.4. The number of aliphatic hydroxyl groups is 1. The SMILES string of the molecule is CSCC[C@H](NC(=O)[C@@H]1CCCN1C(=O)[C@@H](NC(=O)[C@H](CC(C)C)NC(=O)[C@@H](NC(=O)[C@H](Cc1ccccc1)NC(=O)[C@@H](N)CC(C)C)[C@@H](C)O)C(C)C)C(=O)N[C@@H](C)C(=O)N[C@@H](CCCN=C(N)N)C(=O)O. The number of carboxylic acids is 1. The molecular weight excluding hydrogens is 965 g/mol. The molecule has 8 amide bonds. The molecule has 1 aliphatic heterocycles. The Morgan fingerprint density at radius 2 is 1.27 bits per heavy atom. The fourth-order valence-electron chi connectivity index (χ4n) is 8.03. The summed E-state index contributed by atoms with van der Waals surface area (Å²) in [4.78, 5) is 127. The molecule has 0 bridgehead atoms. The van der Waals surface area contributed by atoms with Gasteiger partial charge in [-0.25, -0.2) is 4.79 Å². The van der Waals surface area contributed by atoms with Crippen LogP contribution in [-0.2, 0) is 49.6 Å². The Hall–Kier alpha value is -6.01. The number of carbonyl (C=O) groups excluding carboxylic acids is 8. The molecule has 0 aromatic heterocycles. The molecular formula is C49H82N12O11S. The molecule has 0 saturated carbocycles. The predicted octanol–water partition coefficient (Wildman–Crippen LogP) is -1.02. The fourth-order valence-corrected chi connectivity index (χ4v) is 8.51. The topological polar surface area (TPSA) is 372 Å². The van der Waals surface area contributed by atoms with Crippen LogP contribution in [0.1, 0.15) is 106 Å². The van der Waals surface area contributed by atoms with E-state index < -0.39 is 120 Å². The minimum atomic E-state index is -1.58. The molecule has 0 aliphatic carbocycles. The van der Waals surface area contributed by atoms with E-state index in [9.17, 15) is 53.4 Å². The van der Waals surface area contributed by atoms with Crippen LogP contribution in [0.4, 0.5) is 0 Å². The summed E-state index contributed by atoms with van der Waals surface area (Å²) in [5.41, 5.74) is 17.5. The average molecular weight is 1050 g/mol. The quantitative estimate of drug-likeness (QED) is 0.0241. The molecule has 23 nitrogen and oxygen atoms in total. The normalized spacial score (nSPS) is 17.1. The van der Waals surface area contributed by atoms with Crippen LogP contribution in [0.25, 0.3) is 0 Å². The van der Waals surface area contributed by atoms with Gasteiger partial charge in [0.25, 0.3) is 0 Å². The molecule has 1 aromatic carbocycles. The molecule has 2 rings (SSSR count). The summed E-state index contributed by atoms with van der Waals surface area (Å²) < 4.78 is 0. The van der Waals surface area contributed by atoms with Gasteiger partial charge in [0.2, 0.25) is 47.3 Å². The van der Waals surface area contributed by atoms with E-state index in [0.717, 1.165) is 0 Å². The van der Waals surface area contributed by atoms with Gasteiger partial charge in [0.05, 0.1) is 12.1 Å². The van der Waals surface area contributed by atoms with E-state index in [-0.39, 0.29) is 69.4 Å². The Labute approximate surface area is 433 Å². The van der Waals surface area contributed by atoms with Gasteiger partial charge in [-0.1, -0.05) is 71.9 Å². The van der Waals surface area contributed by atoms with Gasteiger partial charge < -0.3 is 69.5 Å². The second kappa shape index (κ2) is 31.6. The Kier molecular flexibility index (Phi) is 27.3. The number of nitrogens with zero attached hydrogens (tertiary/aromatic N) is 2. The lowest BCUT2D eigenvalue weighted by Gasteiger charge is -2.33. The van der Waals surface area contributed by atoms with Crippen LogP contribution in [0.15, 0.2) is 35.3 Å². The summed E-state index contributed by atoms with van der Waals surface area (Å²) in [6, 6.07) is -1.88. The first-order chi connectivity index (χ1) is 34.3. The number of aliphatic carboxylic acids is 1. The lowest BCUT2D eigenvalue weighted by Crippen LogP contribution is -2.62. The summed E-state index contributed by atoms with van der Waals surface area (Å²) >= 11 is 1.41. The van der Waals surface area contributed by atoms with Crippen molar-refractivity contribution < 1.29 is 53.4 Å². The molecule has 15 N–H and O–H groups in total. The van der Waals surface area contributed by atoms with E-state index in [2.05, 4.69) is 42.2 Å². The highest BCUT2D eigenvalue weighted by atomic mass is 32.2. The minimum absolute atomic E-state index is 0.0133. The van der Waals surface area contributed by atoms with Crippen LogP contribution in [0.3, 0.4) is 0 Å². The van der Waals surface area contributed by atoms with E-state index >= 15 is 0 Å². The third-order valence-electron chi connectivity index (χ3n) is 12.0. The number of carbonyl (C=O) groups is 9. The highest BCUT2D eigenvalue weighted by molar-refractivity contribution is 7.98. The molecule has 73 heavy (non-hydrogen) atoms. The largest absolute Gasteiger partial charge is 0.480 e. The zero-order chi connectivity index (χ0) is 55.1. The molecule has 410 valence electrons. The van der Waals surface area contributed by atoms with Crippen LogP contribution in [0, 0.1) is 17.8 Å². The Morgan fingerprint density at radius 1 is 0.699 bits per heavy atom. The van der Waals surface area contributed by atoms with Crippen molar-refractivity contribution in [1.29, 1.82) is 0 Å². The number of nitrogens with one attached hydrogen (secondary N) is 7. The number of benzene rings is 1. The van der Waals surface area contributed by atoms with Crippen LogP contribution in [0.5, 0.6) is 0 Å². The molecule has 10 atom stereocenters. The second-order valence-electron chi connectivity index (χ2n) is 19.7. The van der Waals surface area contributed by atoms with Gasteiger partial charge in [-0.3, -0.25) is 43.3 Å². The second-order valence-corrected chi connectivity index (χ2v) is 20.7. The maximum absolute atomic E-state index is 14.4. The first-order valence-corrected chi connectivity index (χ1v) is 26.3. The van der Waals surface area contributed by atoms with Gasteiger partial charge in [-0.05, 0) is 94.1 Å². The zero-order valence-corrected chi connectivity index (χ0v) is 44.6. The van der Waals surface area contributed by atoms with E-state index in [1.807, 2.05) is 34.0 Å². The number of nitrogens with two attached hydrogens (primary N) is 3. The van der Waals surface area contributed by atoms with Gasteiger partial charge in [0, 0.05) is 19.5 Å². The number of carboxylic acid groups (broad SMARTS) is 1. The van der Waals surface area contributed by atoms with E-state index in [0.29, 0.717) is 24.2 Å². The summed E-state index contributed by atoms with van der Waals surface area (Å²) in [5.74, 6) is -7.26. The predicted molar refractivity (Wildman–Crippen MR) is 278 cm³/mol. The average Bonchev–Trinajstić information content (AvgIpc) is 3.81.